The lowest BCUT2D eigenvalue weighted by atomic mass is 10.1. The minimum Gasteiger partial charge on any atom is -0.380 e. The summed E-state index contributed by atoms with van der Waals surface area (Å²) in [4.78, 5) is 12.0. The van der Waals surface area contributed by atoms with Crippen LogP contribution in [0.15, 0.2) is 18.2 Å². The molecule has 25 heavy (non-hydrogen) atoms. The number of rotatable bonds is 3. The molecule has 3 heterocycles. The second-order valence-corrected chi connectivity index (χ2v) is 7.47. The molecule has 4 rings (SSSR count). The van der Waals surface area contributed by atoms with Crippen LogP contribution in [0.25, 0.3) is 10.9 Å². The van der Waals surface area contributed by atoms with Crippen LogP contribution in [-0.4, -0.2) is 48.4 Å². The molecule has 2 aliphatic rings. The van der Waals surface area contributed by atoms with Crippen molar-refractivity contribution in [2.45, 2.75) is 51.6 Å². The highest BCUT2D eigenvalue weighted by atomic mass is 16.5. The molecule has 2 fully saturated rings. The number of benzene rings is 1. The highest BCUT2D eigenvalue weighted by Crippen LogP contribution is 2.23. The molecule has 0 radical (unpaired) electrons. The Morgan fingerprint density at radius 1 is 1.08 bits per heavy atom. The van der Waals surface area contributed by atoms with Gasteiger partial charge in [-0.05, 0) is 51.2 Å². The first-order valence-corrected chi connectivity index (χ1v) is 9.53. The number of nitrogens with one attached hydrogen (secondary N) is 1. The Morgan fingerprint density at radius 3 is 2.84 bits per heavy atom. The Balaban J connectivity index is 1.49. The summed E-state index contributed by atoms with van der Waals surface area (Å²) < 4.78 is 5.49. The molecular formula is C20H28N4O. The van der Waals surface area contributed by atoms with Crippen molar-refractivity contribution in [1.29, 1.82) is 0 Å². The fourth-order valence-electron chi connectivity index (χ4n) is 3.99. The fourth-order valence-corrected chi connectivity index (χ4v) is 3.99. The summed E-state index contributed by atoms with van der Waals surface area (Å²) in [5.74, 6) is 0.889. The van der Waals surface area contributed by atoms with Gasteiger partial charge in [0.2, 0.25) is 5.95 Å². The van der Waals surface area contributed by atoms with Gasteiger partial charge >= 0.3 is 0 Å². The molecule has 134 valence electrons. The lowest BCUT2D eigenvalue weighted by Crippen LogP contribution is -2.39. The zero-order valence-corrected chi connectivity index (χ0v) is 15.3. The van der Waals surface area contributed by atoms with E-state index in [9.17, 15) is 0 Å². The van der Waals surface area contributed by atoms with E-state index in [1.165, 1.54) is 18.4 Å². The molecule has 5 heteroatoms. The first kappa shape index (κ1) is 16.7. The Labute approximate surface area is 149 Å². The van der Waals surface area contributed by atoms with Gasteiger partial charge in [-0.2, -0.15) is 0 Å². The van der Waals surface area contributed by atoms with E-state index in [2.05, 4.69) is 42.3 Å². The Kier molecular flexibility index (Phi) is 4.86. The zero-order valence-electron chi connectivity index (χ0n) is 15.3. The van der Waals surface area contributed by atoms with E-state index in [-0.39, 0.29) is 0 Å². The summed E-state index contributed by atoms with van der Waals surface area (Å²) in [5, 5.41) is 4.94. The number of anilines is 1. The van der Waals surface area contributed by atoms with Gasteiger partial charge in [0.25, 0.3) is 0 Å². The standard InChI is InChI=1S/C20H28N4O/c1-14-5-6-18-15(2)21-20(23-19(18)12-14)24-9-3-4-16(7-10-24)22-17-8-11-25-13-17/h5-6,12,16-17,22H,3-4,7-11,13H2,1-2H3. The second kappa shape index (κ2) is 7.26. The van der Waals surface area contributed by atoms with Gasteiger partial charge in [-0.3, -0.25) is 0 Å². The summed E-state index contributed by atoms with van der Waals surface area (Å²) in [6.07, 6.45) is 4.69. The second-order valence-electron chi connectivity index (χ2n) is 7.47. The summed E-state index contributed by atoms with van der Waals surface area (Å²) >= 11 is 0. The molecule has 2 saturated heterocycles. The maximum absolute atomic E-state index is 5.49. The SMILES string of the molecule is Cc1ccc2c(C)nc(N3CCCC(NC4CCOC4)CC3)nc2c1. The van der Waals surface area contributed by atoms with E-state index in [0.717, 1.165) is 61.7 Å². The van der Waals surface area contributed by atoms with Crippen LogP contribution in [-0.2, 0) is 4.74 Å². The topological polar surface area (TPSA) is 50.3 Å². The molecule has 2 aliphatic heterocycles. The van der Waals surface area contributed by atoms with Crippen LogP contribution in [0.5, 0.6) is 0 Å². The number of aromatic nitrogens is 2. The number of hydrogen-bond donors (Lipinski definition) is 1. The normalized spacial score (nSPS) is 24.6. The largest absolute Gasteiger partial charge is 0.380 e. The smallest absolute Gasteiger partial charge is 0.226 e. The van der Waals surface area contributed by atoms with Gasteiger partial charge in [0, 0.05) is 37.2 Å². The maximum atomic E-state index is 5.49. The van der Waals surface area contributed by atoms with E-state index in [1.807, 2.05) is 0 Å². The molecule has 0 spiro atoms. The van der Waals surface area contributed by atoms with Gasteiger partial charge in [0.1, 0.15) is 0 Å². The predicted molar refractivity (Wildman–Crippen MR) is 101 cm³/mol. The lowest BCUT2D eigenvalue weighted by Gasteiger charge is -2.22. The monoisotopic (exact) mass is 340 g/mol. The van der Waals surface area contributed by atoms with Crippen molar-refractivity contribution in [3.63, 3.8) is 0 Å². The van der Waals surface area contributed by atoms with Gasteiger partial charge in [-0.25, -0.2) is 9.97 Å². The summed E-state index contributed by atoms with van der Waals surface area (Å²) in [6.45, 7) is 8.03. The van der Waals surface area contributed by atoms with Crippen LogP contribution in [0.2, 0.25) is 0 Å². The van der Waals surface area contributed by atoms with Crippen LogP contribution in [0, 0.1) is 13.8 Å². The summed E-state index contributed by atoms with van der Waals surface area (Å²) in [5.41, 5.74) is 3.38. The van der Waals surface area contributed by atoms with Crippen LogP contribution < -0.4 is 10.2 Å². The van der Waals surface area contributed by atoms with E-state index < -0.39 is 0 Å². The van der Waals surface area contributed by atoms with Crippen LogP contribution in [0.3, 0.4) is 0 Å². The molecule has 1 aromatic heterocycles. The van der Waals surface area contributed by atoms with Crippen molar-refractivity contribution < 1.29 is 4.74 Å². The third-order valence-corrected chi connectivity index (χ3v) is 5.44. The third-order valence-electron chi connectivity index (χ3n) is 5.44. The van der Waals surface area contributed by atoms with E-state index >= 15 is 0 Å². The molecule has 0 amide bonds. The minimum atomic E-state index is 0.540. The lowest BCUT2D eigenvalue weighted by molar-refractivity contribution is 0.187. The van der Waals surface area contributed by atoms with Crippen molar-refractivity contribution in [3.05, 3.63) is 29.5 Å². The number of nitrogens with zero attached hydrogens (tertiary/aromatic N) is 3. The molecule has 1 aromatic carbocycles. The highest BCUT2D eigenvalue weighted by molar-refractivity contribution is 5.82. The molecule has 0 bridgehead atoms. The predicted octanol–water partition coefficient (Wildman–Crippen LogP) is 2.98. The van der Waals surface area contributed by atoms with Crippen molar-refractivity contribution in [1.82, 2.24) is 15.3 Å². The summed E-state index contributed by atoms with van der Waals surface area (Å²) in [6, 6.07) is 7.55. The van der Waals surface area contributed by atoms with E-state index in [0.29, 0.717) is 12.1 Å². The molecule has 1 N–H and O–H groups in total. The number of fused-ring (bicyclic) bond motifs is 1. The van der Waals surface area contributed by atoms with Crippen molar-refractivity contribution >= 4 is 16.9 Å². The Bertz CT molecular complexity index is 742. The maximum Gasteiger partial charge on any atom is 0.226 e. The van der Waals surface area contributed by atoms with Gasteiger partial charge in [0.05, 0.1) is 17.8 Å². The van der Waals surface area contributed by atoms with E-state index in [1.54, 1.807) is 0 Å². The zero-order chi connectivity index (χ0) is 17.2. The number of ether oxygens (including phenoxy) is 1. The van der Waals surface area contributed by atoms with Crippen molar-refractivity contribution in [3.8, 4) is 0 Å². The molecule has 2 unspecified atom stereocenters. The molecule has 2 aromatic rings. The van der Waals surface area contributed by atoms with Crippen LogP contribution in [0.4, 0.5) is 5.95 Å². The van der Waals surface area contributed by atoms with Crippen LogP contribution in [0.1, 0.15) is 36.9 Å². The van der Waals surface area contributed by atoms with Crippen molar-refractivity contribution in [2.75, 3.05) is 31.2 Å². The average Bonchev–Trinajstić information content (AvgIpc) is 2.98. The first-order valence-electron chi connectivity index (χ1n) is 9.53. The molecule has 2 atom stereocenters. The average molecular weight is 340 g/mol. The van der Waals surface area contributed by atoms with Crippen molar-refractivity contribution in [2.24, 2.45) is 0 Å². The quantitative estimate of drug-likeness (QED) is 0.931. The van der Waals surface area contributed by atoms with Gasteiger partial charge < -0.3 is 15.0 Å². The highest BCUT2D eigenvalue weighted by Gasteiger charge is 2.23. The fraction of sp³-hybridized carbons (Fsp3) is 0.600. The van der Waals surface area contributed by atoms with Gasteiger partial charge in [-0.1, -0.05) is 12.1 Å². The van der Waals surface area contributed by atoms with Gasteiger partial charge in [0.15, 0.2) is 0 Å². The first-order chi connectivity index (χ1) is 12.2. The third kappa shape index (κ3) is 3.77. The number of aryl methyl sites for hydroxylation is 2. The van der Waals surface area contributed by atoms with Gasteiger partial charge in [-0.15, -0.1) is 0 Å². The van der Waals surface area contributed by atoms with E-state index in [4.69, 9.17) is 14.7 Å². The van der Waals surface area contributed by atoms with Crippen LogP contribution >= 0.6 is 0 Å². The molecular weight excluding hydrogens is 312 g/mol. The number of hydrogen-bond acceptors (Lipinski definition) is 5. The Hall–Kier alpha value is -1.72. The Morgan fingerprint density at radius 2 is 2.00 bits per heavy atom. The molecule has 0 saturated carbocycles. The summed E-state index contributed by atoms with van der Waals surface area (Å²) in [7, 11) is 0. The molecule has 5 nitrogen and oxygen atoms in total. The minimum absolute atomic E-state index is 0.540. The molecule has 0 aliphatic carbocycles.